The Hall–Kier alpha value is -1.88. The van der Waals surface area contributed by atoms with Gasteiger partial charge in [-0.05, 0) is 31.9 Å². The van der Waals surface area contributed by atoms with Crippen molar-refractivity contribution in [1.82, 2.24) is 4.90 Å². The van der Waals surface area contributed by atoms with Gasteiger partial charge in [0.1, 0.15) is 5.41 Å². The fraction of sp³-hybridized carbons (Fsp3) is 0.529. The highest BCUT2D eigenvalue weighted by Gasteiger charge is 2.43. The molecule has 3 rings (SSSR count). The molecule has 0 N–H and O–H groups in total. The Morgan fingerprint density at radius 2 is 1.73 bits per heavy atom. The fourth-order valence-corrected chi connectivity index (χ4v) is 3.14. The van der Waals surface area contributed by atoms with Gasteiger partial charge in [0.2, 0.25) is 11.8 Å². The first-order valence-corrected chi connectivity index (χ1v) is 7.79. The Kier molecular flexibility index (Phi) is 3.91. The second kappa shape index (κ2) is 5.72. The minimum Gasteiger partial charge on any atom is -0.378 e. The van der Waals surface area contributed by atoms with Crippen LogP contribution in [0.4, 0.5) is 5.69 Å². The predicted octanol–water partition coefficient (Wildman–Crippen LogP) is 1.46. The zero-order chi connectivity index (χ0) is 15.7. The maximum absolute atomic E-state index is 13.0. The monoisotopic (exact) mass is 302 g/mol. The maximum Gasteiger partial charge on any atom is 0.242 e. The van der Waals surface area contributed by atoms with Crippen molar-refractivity contribution in [3.63, 3.8) is 0 Å². The van der Waals surface area contributed by atoms with Crippen molar-refractivity contribution in [2.24, 2.45) is 5.41 Å². The molecule has 1 aromatic carbocycles. The number of morpholine rings is 1. The number of anilines is 1. The third-order valence-electron chi connectivity index (χ3n) is 4.50. The highest BCUT2D eigenvalue weighted by Crippen LogP contribution is 2.32. The molecule has 2 amide bonds. The second-order valence-corrected chi connectivity index (χ2v) is 6.37. The summed E-state index contributed by atoms with van der Waals surface area (Å²) in [6.45, 7) is 6.32. The van der Waals surface area contributed by atoms with Crippen LogP contribution in [0, 0.1) is 5.41 Å². The molecule has 5 heteroatoms. The lowest BCUT2D eigenvalue weighted by Crippen LogP contribution is -2.53. The molecule has 2 aliphatic rings. The van der Waals surface area contributed by atoms with Gasteiger partial charge in [-0.15, -0.1) is 0 Å². The maximum atomic E-state index is 13.0. The molecule has 0 radical (unpaired) electrons. The zero-order valence-electron chi connectivity index (χ0n) is 13.2. The Labute approximate surface area is 130 Å². The first kappa shape index (κ1) is 15.0. The van der Waals surface area contributed by atoms with Gasteiger partial charge in [0.15, 0.2) is 0 Å². The topological polar surface area (TPSA) is 49.9 Å². The number of amides is 2. The molecule has 0 atom stereocenters. The summed E-state index contributed by atoms with van der Waals surface area (Å²) in [6, 6.07) is 7.91. The lowest BCUT2D eigenvalue weighted by Gasteiger charge is -2.35. The molecular weight excluding hydrogens is 280 g/mol. The summed E-state index contributed by atoms with van der Waals surface area (Å²) in [5.74, 6) is -0.223. The van der Waals surface area contributed by atoms with Gasteiger partial charge in [-0.3, -0.25) is 9.59 Å². The molecule has 0 aromatic heterocycles. The van der Waals surface area contributed by atoms with Crippen LogP contribution >= 0.6 is 0 Å². The average molecular weight is 302 g/mol. The minimum atomic E-state index is -1.05. The van der Waals surface area contributed by atoms with Crippen molar-refractivity contribution in [2.45, 2.75) is 20.3 Å². The van der Waals surface area contributed by atoms with Crippen LogP contribution in [0.15, 0.2) is 24.3 Å². The van der Waals surface area contributed by atoms with E-state index >= 15 is 0 Å². The van der Waals surface area contributed by atoms with E-state index in [2.05, 4.69) is 0 Å². The van der Waals surface area contributed by atoms with Crippen LogP contribution in [0.25, 0.3) is 0 Å². The molecule has 0 bridgehead atoms. The Bertz CT molecular complexity index is 591. The molecule has 1 aromatic rings. The molecule has 2 heterocycles. The number of carbonyl (C=O) groups excluding carboxylic acids is 2. The average Bonchev–Trinajstić information content (AvgIpc) is 2.98. The second-order valence-electron chi connectivity index (χ2n) is 6.37. The largest absolute Gasteiger partial charge is 0.378 e. The Morgan fingerprint density at radius 1 is 1.05 bits per heavy atom. The van der Waals surface area contributed by atoms with Crippen LogP contribution in [-0.4, -0.2) is 49.6 Å². The molecule has 1 fully saturated rings. The summed E-state index contributed by atoms with van der Waals surface area (Å²) in [6.07, 6.45) is 0.851. The minimum absolute atomic E-state index is 0.106. The molecule has 5 nitrogen and oxygen atoms in total. The van der Waals surface area contributed by atoms with Crippen molar-refractivity contribution in [2.75, 3.05) is 37.7 Å². The zero-order valence-corrected chi connectivity index (χ0v) is 13.2. The molecule has 22 heavy (non-hydrogen) atoms. The van der Waals surface area contributed by atoms with Gasteiger partial charge in [0.05, 0.1) is 13.2 Å². The van der Waals surface area contributed by atoms with E-state index in [9.17, 15) is 9.59 Å². The number of benzene rings is 1. The smallest absolute Gasteiger partial charge is 0.242 e. The van der Waals surface area contributed by atoms with E-state index in [0.29, 0.717) is 32.8 Å². The quantitative estimate of drug-likeness (QED) is 0.777. The fourth-order valence-electron chi connectivity index (χ4n) is 3.14. The molecule has 0 spiro atoms. The van der Waals surface area contributed by atoms with Gasteiger partial charge >= 0.3 is 0 Å². The van der Waals surface area contributed by atoms with Crippen LogP contribution < -0.4 is 4.90 Å². The lowest BCUT2D eigenvalue weighted by molar-refractivity contribution is -0.150. The first-order valence-electron chi connectivity index (χ1n) is 7.79. The predicted molar refractivity (Wildman–Crippen MR) is 83.7 cm³/mol. The van der Waals surface area contributed by atoms with E-state index in [4.69, 9.17) is 4.74 Å². The van der Waals surface area contributed by atoms with Crippen LogP contribution in [0.3, 0.4) is 0 Å². The number of nitrogens with zero attached hydrogens (tertiary/aromatic N) is 2. The highest BCUT2D eigenvalue weighted by molar-refractivity contribution is 6.11. The summed E-state index contributed by atoms with van der Waals surface area (Å²) in [5.41, 5.74) is 1.07. The first-order chi connectivity index (χ1) is 10.5. The third kappa shape index (κ3) is 2.50. The number of hydrogen-bond acceptors (Lipinski definition) is 3. The summed E-state index contributed by atoms with van der Waals surface area (Å²) in [4.78, 5) is 29.2. The highest BCUT2D eigenvalue weighted by atomic mass is 16.5. The Morgan fingerprint density at radius 3 is 2.45 bits per heavy atom. The lowest BCUT2D eigenvalue weighted by atomic mass is 9.89. The Balaban J connectivity index is 1.80. The van der Waals surface area contributed by atoms with Crippen LogP contribution in [0.2, 0.25) is 0 Å². The van der Waals surface area contributed by atoms with Crippen LogP contribution in [0.1, 0.15) is 19.4 Å². The molecule has 0 unspecified atom stereocenters. The van der Waals surface area contributed by atoms with Gasteiger partial charge < -0.3 is 14.5 Å². The van der Waals surface area contributed by atoms with E-state index in [1.165, 1.54) is 5.56 Å². The molecule has 0 aliphatic carbocycles. The van der Waals surface area contributed by atoms with Gasteiger partial charge in [0.25, 0.3) is 0 Å². The summed E-state index contributed by atoms with van der Waals surface area (Å²) < 4.78 is 5.28. The number of fused-ring (bicyclic) bond motifs is 1. The standard InChI is InChI=1S/C17H22N2O3/c1-17(2,15(20)18-9-11-22-12-10-18)16(21)19-8-7-13-5-3-4-6-14(13)19/h3-6H,7-12H2,1-2H3. The van der Waals surface area contributed by atoms with Crippen LogP contribution in [0.5, 0.6) is 0 Å². The normalized spacial score (nSPS) is 18.3. The van der Waals surface area contributed by atoms with E-state index in [-0.39, 0.29) is 11.8 Å². The number of carbonyl (C=O) groups is 2. The van der Waals surface area contributed by atoms with E-state index in [0.717, 1.165) is 12.1 Å². The number of rotatable bonds is 2. The molecular formula is C17H22N2O3. The van der Waals surface area contributed by atoms with Crippen molar-refractivity contribution >= 4 is 17.5 Å². The van der Waals surface area contributed by atoms with Gasteiger partial charge in [-0.2, -0.15) is 0 Å². The molecule has 1 saturated heterocycles. The van der Waals surface area contributed by atoms with Crippen LogP contribution in [-0.2, 0) is 20.7 Å². The molecule has 0 saturated carbocycles. The van der Waals surface area contributed by atoms with Crippen molar-refractivity contribution < 1.29 is 14.3 Å². The molecule has 2 aliphatic heterocycles. The summed E-state index contributed by atoms with van der Waals surface area (Å²) in [7, 11) is 0. The van der Waals surface area contributed by atoms with E-state index < -0.39 is 5.41 Å². The number of ether oxygens (including phenoxy) is 1. The third-order valence-corrected chi connectivity index (χ3v) is 4.50. The van der Waals surface area contributed by atoms with Gasteiger partial charge in [-0.1, -0.05) is 18.2 Å². The number of hydrogen-bond donors (Lipinski definition) is 0. The van der Waals surface area contributed by atoms with Crippen molar-refractivity contribution in [3.05, 3.63) is 29.8 Å². The van der Waals surface area contributed by atoms with Crippen molar-refractivity contribution in [3.8, 4) is 0 Å². The number of para-hydroxylation sites is 1. The molecule has 118 valence electrons. The van der Waals surface area contributed by atoms with E-state index in [1.807, 2.05) is 24.3 Å². The van der Waals surface area contributed by atoms with Crippen molar-refractivity contribution in [1.29, 1.82) is 0 Å². The van der Waals surface area contributed by atoms with Gasteiger partial charge in [0, 0.05) is 25.3 Å². The van der Waals surface area contributed by atoms with E-state index in [1.54, 1.807) is 23.6 Å². The summed E-state index contributed by atoms with van der Waals surface area (Å²) >= 11 is 0. The summed E-state index contributed by atoms with van der Waals surface area (Å²) in [5, 5.41) is 0. The SMILES string of the molecule is CC(C)(C(=O)N1CCOCC1)C(=O)N1CCc2ccccc21. The van der Waals surface area contributed by atoms with Gasteiger partial charge in [-0.25, -0.2) is 0 Å².